The van der Waals surface area contributed by atoms with Crippen molar-refractivity contribution in [2.75, 3.05) is 12.0 Å². The maximum absolute atomic E-state index is 5.35. The van der Waals surface area contributed by atoms with Crippen molar-refractivity contribution < 1.29 is 4.43 Å². The Hall–Kier alpha value is 1.11. The fourth-order valence-corrected chi connectivity index (χ4v) is 1.63. The Morgan fingerprint density at radius 1 is 1.62 bits per heavy atom. The lowest BCUT2D eigenvalue weighted by atomic mass is 10.9. The third kappa shape index (κ3) is 7.11. The lowest BCUT2D eigenvalue weighted by Gasteiger charge is -1.99. The maximum atomic E-state index is 5.35. The molecular formula is C3H8Cl2OSSi. The average molecular weight is 191 g/mol. The van der Waals surface area contributed by atoms with Crippen LogP contribution in [0, 0.1) is 0 Å². The standard InChI is InChI=1S/C3H8Cl2OSSi/c4-3(5)1-6-8-2-7/h3,7H,1-2,8H2. The van der Waals surface area contributed by atoms with Crippen molar-refractivity contribution >= 4 is 45.6 Å². The molecule has 50 valence electrons. The van der Waals surface area contributed by atoms with Crippen LogP contribution in [0.5, 0.6) is 0 Å². The molecule has 0 radical (unpaired) electrons. The van der Waals surface area contributed by atoms with Crippen molar-refractivity contribution in [3.05, 3.63) is 0 Å². The summed E-state index contributed by atoms with van der Waals surface area (Å²) in [7, 11) is -0.426. The first-order chi connectivity index (χ1) is 3.77. The van der Waals surface area contributed by atoms with Gasteiger partial charge in [0.1, 0.15) is 4.84 Å². The highest BCUT2D eigenvalue weighted by Gasteiger charge is 1.95. The molecule has 5 heteroatoms. The van der Waals surface area contributed by atoms with Crippen LogP contribution in [-0.4, -0.2) is 26.6 Å². The summed E-state index contributed by atoms with van der Waals surface area (Å²) in [5.74, 6) is 0. The summed E-state index contributed by atoms with van der Waals surface area (Å²) in [6.07, 6.45) is 0. The molecule has 0 heterocycles. The first-order valence-corrected chi connectivity index (χ1v) is 5.32. The molecule has 0 aromatic rings. The van der Waals surface area contributed by atoms with E-state index in [9.17, 15) is 0 Å². The highest BCUT2D eigenvalue weighted by molar-refractivity contribution is 7.81. The van der Waals surface area contributed by atoms with E-state index in [1.807, 2.05) is 0 Å². The molecule has 0 unspecified atom stereocenters. The number of rotatable bonds is 4. The van der Waals surface area contributed by atoms with E-state index in [0.29, 0.717) is 6.61 Å². The van der Waals surface area contributed by atoms with Gasteiger partial charge >= 0.3 is 0 Å². The Kier molecular flexibility index (Phi) is 7.09. The molecule has 0 aliphatic rings. The van der Waals surface area contributed by atoms with Crippen LogP contribution in [0.1, 0.15) is 0 Å². The van der Waals surface area contributed by atoms with Gasteiger partial charge in [0, 0.05) is 5.38 Å². The van der Waals surface area contributed by atoms with E-state index < -0.39 is 9.76 Å². The van der Waals surface area contributed by atoms with Crippen LogP contribution in [0.15, 0.2) is 0 Å². The molecular weight excluding hydrogens is 183 g/mol. The molecule has 0 rings (SSSR count). The highest BCUT2D eigenvalue weighted by Crippen LogP contribution is 1.99. The molecule has 0 aliphatic carbocycles. The van der Waals surface area contributed by atoms with Gasteiger partial charge in [-0.25, -0.2) is 0 Å². The average Bonchev–Trinajstić information content (AvgIpc) is 1.66. The molecule has 0 saturated carbocycles. The SMILES string of the molecule is SC[SiH2]OCC(Cl)Cl. The van der Waals surface area contributed by atoms with Crippen molar-refractivity contribution in [2.24, 2.45) is 0 Å². The van der Waals surface area contributed by atoms with E-state index in [1.165, 1.54) is 0 Å². The van der Waals surface area contributed by atoms with Crippen LogP contribution in [0.25, 0.3) is 0 Å². The largest absolute Gasteiger partial charge is 0.420 e. The minimum atomic E-state index is -0.426. The minimum absolute atomic E-state index is 0.373. The van der Waals surface area contributed by atoms with E-state index in [1.54, 1.807) is 0 Å². The van der Waals surface area contributed by atoms with Crippen LogP contribution >= 0.6 is 35.8 Å². The Bertz CT molecular complexity index is 54.5. The molecule has 0 saturated heterocycles. The number of thiol groups is 1. The second-order valence-electron chi connectivity index (χ2n) is 1.19. The number of hydrogen-bond donors (Lipinski definition) is 1. The van der Waals surface area contributed by atoms with Crippen molar-refractivity contribution in [3.63, 3.8) is 0 Å². The summed E-state index contributed by atoms with van der Waals surface area (Å²) in [6, 6.07) is 0. The normalized spacial score (nSPS) is 12.0. The predicted octanol–water partition coefficient (Wildman–Crippen LogP) is 0.778. The lowest BCUT2D eigenvalue weighted by molar-refractivity contribution is 0.357. The Morgan fingerprint density at radius 2 is 2.25 bits per heavy atom. The van der Waals surface area contributed by atoms with Crippen LogP contribution in [-0.2, 0) is 4.43 Å². The van der Waals surface area contributed by atoms with Gasteiger partial charge in [-0.3, -0.25) is 0 Å². The smallest absolute Gasteiger partial charge is 0.171 e. The van der Waals surface area contributed by atoms with Crippen LogP contribution in [0.4, 0.5) is 0 Å². The van der Waals surface area contributed by atoms with Gasteiger partial charge in [0.25, 0.3) is 0 Å². The summed E-state index contributed by atoms with van der Waals surface area (Å²) in [5, 5.41) is 0.848. The van der Waals surface area contributed by atoms with Gasteiger partial charge in [0.2, 0.25) is 0 Å². The zero-order valence-corrected chi connectivity index (χ0v) is 8.13. The van der Waals surface area contributed by atoms with Gasteiger partial charge in [-0.15, -0.1) is 23.2 Å². The lowest BCUT2D eigenvalue weighted by Crippen LogP contribution is -2.07. The molecule has 0 aromatic heterocycles. The Morgan fingerprint density at radius 3 is 2.62 bits per heavy atom. The van der Waals surface area contributed by atoms with Gasteiger partial charge < -0.3 is 4.43 Å². The molecule has 0 aliphatic heterocycles. The van der Waals surface area contributed by atoms with Crippen molar-refractivity contribution in [1.82, 2.24) is 0 Å². The maximum Gasteiger partial charge on any atom is 0.171 e. The molecule has 0 spiro atoms. The van der Waals surface area contributed by atoms with E-state index in [4.69, 9.17) is 27.6 Å². The molecule has 0 bridgehead atoms. The second kappa shape index (κ2) is 6.23. The van der Waals surface area contributed by atoms with Crippen LogP contribution in [0.2, 0.25) is 0 Å². The fraction of sp³-hybridized carbons (Fsp3) is 1.00. The Labute approximate surface area is 67.0 Å². The quantitative estimate of drug-likeness (QED) is 0.299. The first kappa shape index (κ1) is 9.11. The molecule has 0 N–H and O–H groups in total. The summed E-state index contributed by atoms with van der Waals surface area (Å²) >= 11 is 14.7. The molecule has 8 heavy (non-hydrogen) atoms. The van der Waals surface area contributed by atoms with Crippen LogP contribution in [0.3, 0.4) is 0 Å². The summed E-state index contributed by atoms with van der Waals surface area (Å²) in [6.45, 7) is 0.454. The van der Waals surface area contributed by atoms with Gasteiger partial charge in [-0.2, -0.15) is 12.6 Å². The van der Waals surface area contributed by atoms with Gasteiger partial charge in [-0.05, 0) is 0 Å². The Balaban J connectivity index is 2.72. The van der Waals surface area contributed by atoms with E-state index in [0.717, 1.165) is 5.38 Å². The zero-order chi connectivity index (χ0) is 6.41. The van der Waals surface area contributed by atoms with E-state index in [-0.39, 0.29) is 4.84 Å². The molecule has 0 amide bonds. The van der Waals surface area contributed by atoms with Gasteiger partial charge in [0.15, 0.2) is 9.76 Å². The van der Waals surface area contributed by atoms with E-state index >= 15 is 0 Å². The number of alkyl halides is 2. The minimum Gasteiger partial charge on any atom is -0.420 e. The van der Waals surface area contributed by atoms with Gasteiger partial charge in [-0.1, -0.05) is 0 Å². The number of hydrogen-bond acceptors (Lipinski definition) is 2. The highest BCUT2D eigenvalue weighted by atomic mass is 35.5. The zero-order valence-electron chi connectivity index (χ0n) is 4.31. The van der Waals surface area contributed by atoms with Gasteiger partial charge in [0.05, 0.1) is 6.61 Å². The summed E-state index contributed by atoms with van der Waals surface area (Å²) in [4.78, 5) is -0.373. The topological polar surface area (TPSA) is 9.23 Å². The fourth-order valence-electron chi connectivity index (χ4n) is 0.237. The van der Waals surface area contributed by atoms with Crippen molar-refractivity contribution in [3.8, 4) is 0 Å². The third-order valence-corrected chi connectivity index (χ3v) is 1.99. The molecule has 0 fully saturated rings. The second-order valence-corrected chi connectivity index (χ2v) is 5.07. The summed E-state index contributed by atoms with van der Waals surface area (Å²) in [5.41, 5.74) is 0. The summed E-state index contributed by atoms with van der Waals surface area (Å²) < 4.78 is 5.04. The third-order valence-electron chi connectivity index (χ3n) is 0.479. The molecule has 0 aromatic carbocycles. The predicted molar refractivity (Wildman–Crippen MR) is 43.8 cm³/mol. The molecule has 0 atom stereocenters. The van der Waals surface area contributed by atoms with Crippen molar-refractivity contribution in [2.45, 2.75) is 4.84 Å². The number of halogens is 2. The van der Waals surface area contributed by atoms with Crippen molar-refractivity contribution in [1.29, 1.82) is 0 Å². The monoisotopic (exact) mass is 190 g/mol. The van der Waals surface area contributed by atoms with E-state index in [2.05, 4.69) is 12.6 Å². The van der Waals surface area contributed by atoms with Crippen LogP contribution < -0.4 is 0 Å². The first-order valence-electron chi connectivity index (χ1n) is 2.24. The molecule has 1 nitrogen and oxygen atoms in total.